The number of alkyl halides is 2. The molecule has 6 aliphatic carbocycles. The monoisotopic (exact) mass is 673 g/mol. The number of quaternary nitrogens is 1. The van der Waals surface area contributed by atoms with E-state index in [1.165, 1.54) is 13.0 Å². The number of rotatable bonds is 6. The number of allylic oxidation sites excluding steroid dienone is 6. The van der Waals surface area contributed by atoms with Crippen molar-refractivity contribution in [3.63, 3.8) is 0 Å². The molecule has 0 radical (unpaired) electrons. The Morgan fingerprint density at radius 2 is 1.88 bits per heavy atom. The first-order valence-electron chi connectivity index (χ1n) is 16.7. The number of hydrogen-bond acceptors (Lipinski definition) is 10. The van der Waals surface area contributed by atoms with Crippen molar-refractivity contribution < 1.29 is 49.2 Å². The summed E-state index contributed by atoms with van der Waals surface area (Å²) < 4.78 is 47.2. The van der Waals surface area contributed by atoms with Crippen molar-refractivity contribution in [3.8, 4) is 0 Å². The fourth-order valence-electron chi connectivity index (χ4n) is 10.4. The van der Waals surface area contributed by atoms with Crippen LogP contribution in [-0.4, -0.2) is 98.2 Å². The molecule has 48 heavy (non-hydrogen) atoms. The van der Waals surface area contributed by atoms with Crippen molar-refractivity contribution in [2.45, 2.75) is 111 Å². The molecule has 1 saturated heterocycles. The summed E-state index contributed by atoms with van der Waals surface area (Å²) in [6, 6.07) is 0.120. The minimum Gasteiger partial charge on any atom is -0.394 e. The number of halogens is 2. The van der Waals surface area contributed by atoms with Crippen LogP contribution in [0.2, 0.25) is 0 Å². The van der Waals surface area contributed by atoms with Gasteiger partial charge < -0.3 is 52.4 Å². The third-order valence-electron chi connectivity index (χ3n) is 13.0. The highest BCUT2D eigenvalue weighted by Gasteiger charge is 2.88. The molecule has 14 atom stereocenters. The summed E-state index contributed by atoms with van der Waals surface area (Å²) in [6.07, 6.45) is 6.73. The van der Waals surface area contributed by atoms with Gasteiger partial charge in [-0.2, -0.15) is 0 Å². The van der Waals surface area contributed by atoms with Crippen molar-refractivity contribution in [2.75, 3.05) is 6.61 Å². The van der Waals surface area contributed by atoms with Crippen molar-refractivity contribution in [2.24, 2.45) is 28.2 Å². The summed E-state index contributed by atoms with van der Waals surface area (Å²) in [5.74, 6) is -0.758. The average Bonchev–Trinajstić information content (AvgIpc) is 3.51. The van der Waals surface area contributed by atoms with Crippen LogP contribution in [0, 0.1) is 16.7 Å². The summed E-state index contributed by atoms with van der Waals surface area (Å²) in [5, 5.41) is 47.7. The van der Waals surface area contributed by atoms with Gasteiger partial charge >= 0.3 is 0 Å². The van der Waals surface area contributed by atoms with Crippen LogP contribution in [0.1, 0.15) is 46.0 Å². The van der Waals surface area contributed by atoms with Crippen molar-refractivity contribution >= 4 is 5.78 Å². The first-order chi connectivity index (χ1) is 22.5. The van der Waals surface area contributed by atoms with Crippen LogP contribution in [0.5, 0.6) is 0 Å². The maximum absolute atomic E-state index is 18.0. The topological polar surface area (TPSA) is 208 Å². The molecule has 0 aromatic rings. The minimum atomic E-state index is -2.72. The Balaban J connectivity index is 1.20. The normalized spacial score (nSPS) is 50.4. The van der Waals surface area contributed by atoms with Gasteiger partial charge in [-0.05, 0) is 56.1 Å². The summed E-state index contributed by atoms with van der Waals surface area (Å²) in [6.45, 7) is 2.29. The minimum absolute atomic E-state index is 0.103. The summed E-state index contributed by atoms with van der Waals surface area (Å²) in [7, 11) is 0. The standard InChI is InChI=1S/C35H46F2N4O7/c1-30-11-10-22(43)13-23(30)24(36)14-33(40)32(39)16-27-34(26(45)17-42,31(32,2)15-25(44)35(30,33)37)48-29(47-27)19-8-6-18(7-9-19)28(46)41-21-5-3-4-20(38)12-21/h3,5-6,8-13,18,20,24-29,41-42,44-46H,4,7,14-17,38-40H2,1-2H3/p+1. The summed E-state index contributed by atoms with van der Waals surface area (Å²) in [4.78, 5) is 12.2. The molecular weight excluding hydrogens is 626 g/mol. The van der Waals surface area contributed by atoms with E-state index in [0.717, 1.165) is 24.3 Å². The Bertz CT molecular complexity index is 1580. The molecule has 0 spiro atoms. The van der Waals surface area contributed by atoms with Crippen LogP contribution in [0.25, 0.3) is 0 Å². The quantitative estimate of drug-likeness (QED) is 0.174. The van der Waals surface area contributed by atoms with E-state index in [2.05, 4.69) is 11.1 Å². The van der Waals surface area contributed by atoms with Gasteiger partial charge in [0.2, 0.25) is 0 Å². The number of ketones is 1. The van der Waals surface area contributed by atoms with Gasteiger partial charge in [-0.3, -0.25) is 4.79 Å². The Kier molecular flexibility index (Phi) is 7.73. The highest BCUT2D eigenvalue weighted by Crippen LogP contribution is 2.74. The number of carbonyl (C=O) groups is 1. The lowest BCUT2D eigenvalue weighted by atomic mass is 9.39. The second-order valence-electron chi connectivity index (χ2n) is 15.3. The number of aliphatic hydroxyl groups is 4. The van der Waals surface area contributed by atoms with E-state index in [1.807, 2.05) is 30.4 Å². The van der Waals surface area contributed by atoms with Crippen LogP contribution in [0.3, 0.4) is 0 Å². The number of aliphatic hydroxyl groups excluding tert-OH is 4. The van der Waals surface area contributed by atoms with Crippen LogP contribution in [0.4, 0.5) is 8.78 Å². The van der Waals surface area contributed by atoms with Gasteiger partial charge in [0.15, 0.2) is 17.7 Å². The van der Waals surface area contributed by atoms with Gasteiger partial charge in [-0.15, -0.1) is 0 Å². The third-order valence-corrected chi connectivity index (χ3v) is 13.0. The van der Waals surface area contributed by atoms with Gasteiger partial charge in [0.05, 0.1) is 24.4 Å². The number of carbonyl (C=O) groups excluding carboxylic acids is 1. The van der Waals surface area contributed by atoms with Gasteiger partial charge in [0.25, 0.3) is 0 Å². The molecule has 12 N–H and O–H groups in total. The highest BCUT2D eigenvalue weighted by atomic mass is 19.1. The average molecular weight is 674 g/mol. The first-order valence-corrected chi connectivity index (χ1v) is 16.7. The van der Waals surface area contributed by atoms with E-state index in [-0.39, 0.29) is 30.4 Å². The van der Waals surface area contributed by atoms with Gasteiger partial charge in [-0.1, -0.05) is 37.3 Å². The predicted octanol–water partition coefficient (Wildman–Crippen LogP) is -0.224. The summed E-state index contributed by atoms with van der Waals surface area (Å²) >= 11 is 0. The molecular formula is C35H47F2N4O7+. The zero-order valence-corrected chi connectivity index (χ0v) is 27.2. The van der Waals surface area contributed by atoms with Crippen molar-refractivity contribution in [3.05, 3.63) is 71.5 Å². The van der Waals surface area contributed by atoms with Crippen LogP contribution in [0.15, 0.2) is 71.5 Å². The molecule has 262 valence electrons. The second-order valence-corrected chi connectivity index (χ2v) is 15.3. The van der Waals surface area contributed by atoms with E-state index < -0.39 is 89.0 Å². The molecule has 7 aliphatic rings. The molecule has 1 aliphatic heterocycles. The molecule has 0 bridgehead atoms. The predicted molar refractivity (Wildman–Crippen MR) is 169 cm³/mol. The van der Waals surface area contributed by atoms with E-state index in [9.17, 15) is 25.2 Å². The zero-order valence-electron chi connectivity index (χ0n) is 27.2. The van der Waals surface area contributed by atoms with Gasteiger partial charge in [0.1, 0.15) is 30.1 Å². The van der Waals surface area contributed by atoms with E-state index in [1.54, 1.807) is 13.0 Å². The second kappa shape index (κ2) is 11.0. The van der Waals surface area contributed by atoms with Crippen LogP contribution >= 0.6 is 0 Å². The lowest BCUT2D eigenvalue weighted by Crippen LogP contribution is -2.90. The number of hydrogen-bond donors (Lipinski definition) is 8. The van der Waals surface area contributed by atoms with E-state index in [4.69, 9.17) is 20.9 Å². The molecule has 4 fully saturated rings. The molecule has 14 unspecified atom stereocenters. The molecule has 11 nitrogen and oxygen atoms in total. The molecule has 3 saturated carbocycles. The Hall–Kier alpha value is -2.59. The lowest BCUT2D eigenvalue weighted by Gasteiger charge is -2.71. The fourth-order valence-corrected chi connectivity index (χ4v) is 10.4. The molecule has 0 aromatic heterocycles. The zero-order chi connectivity index (χ0) is 34.7. The maximum atomic E-state index is 18.0. The number of nitrogens with one attached hydrogen (secondary N) is 1. The largest absolute Gasteiger partial charge is 0.394 e. The van der Waals surface area contributed by atoms with E-state index in [0.29, 0.717) is 12.0 Å². The molecule has 1 heterocycles. The maximum Gasteiger partial charge on any atom is 0.184 e. The first kappa shape index (κ1) is 33.9. The number of nitrogens with two attached hydrogens (primary N) is 2. The van der Waals surface area contributed by atoms with Gasteiger partial charge in [0, 0.05) is 46.4 Å². The highest BCUT2D eigenvalue weighted by molar-refractivity contribution is 6.01. The molecule has 0 amide bonds. The van der Waals surface area contributed by atoms with Crippen molar-refractivity contribution in [1.29, 1.82) is 0 Å². The summed E-state index contributed by atoms with van der Waals surface area (Å²) in [5.41, 5.74) is 7.77. The van der Waals surface area contributed by atoms with Crippen LogP contribution in [-0.2, 0) is 14.3 Å². The smallest absolute Gasteiger partial charge is 0.184 e. The van der Waals surface area contributed by atoms with Crippen LogP contribution < -0.4 is 22.5 Å². The lowest BCUT2D eigenvalue weighted by molar-refractivity contribution is -0.402. The van der Waals surface area contributed by atoms with Gasteiger partial charge in [-0.25, -0.2) is 8.78 Å². The Morgan fingerprint density at radius 1 is 1.12 bits per heavy atom. The van der Waals surface area contributed by atoms with Crippen molar-refractivity contribution in [1.82, 2.24) is 5.32 Å². The molecule has 7 rings (SSSR count). The van der Waals surface area contributed by atoms with E-state index >= 15 is 8.78 Å². The fraction of sp³-hybridized carbons (Fsp3) is 0.629. The Morgan fingerprint density at radius 3 is 2.54 bits per heavy atom. The Labute approximate surface area is 277 Å². The third kappa shape index (κ3) is 4.08. The SMILES string of the molecule is CC12C=CC(=O)C=C1C(F)CC1(N)C3(N)CC4OC(C5=CCC(C(O)NC6=CC([NH3+])CC=C6)C=C5)OC4(C(O)CO)C3(C)CC(O)C21F. The molecule has 13 heteroatoms. The number of ether oxygens (including phenoxy) is 2. The molecule has 0 aromatic carbocycles. The number of fused-ring (bicyclic) bond motifs is 7.